The summed E-state index contributed by atoms with van der Waals surface area (Å²) in [7, 11) is 1.61. The molecule has 2 rings (SSSR count). The molecule has 23 heavy (non-hydrogen) atoms. The molecule has 0 unspecified atom stereocenters. The molecule has 0 aliphatic rings. The van der Waals surface area contributed by atoms with Crippen molar-refractivity contribution in [3.63, 3.8) is 0 Å². The number of nitrogens with one attached hydrogen (secondary N) is 1. The van der Waals surface area contributed by atoms with Gasteiger partial charge in [-0.25, -0.2) is 4.79 Å². The number of rotatable bonds is 7. The van der Waals surface area contributed by atoms with Crippen LogP contribution in [0.1, 0.15) is 11.1 Å². The number of aliphatic hydroxyl groups excluding tert-OH is 1. The van der Waals surface area contributed by atoms with E-state index in [9.17, 15) is 9.90 Å². The predicted molar refractivity (Wildman–Crippen MR) is 89.2 cm³/mol. The fourth-order valence-electron chi connectivity index (χ4n) is 2.31. The Bertz CT molecular complexity index is 617. The van der Waals surface area contributed by atoms with E-state index in [1.54, 1.807) is 12.0 Å². The largest absolute Gasteiger partial charge is 0.496 e. The van der Waals surface area contributed by atoms with Gasteiger partial charge in [0.15, 0.2) is 0 Å². The Balaban J connectivity index is 1.98. The van der Waals surface area contributed by atoms with Gasteiger partial charge in [0.2, 0.25) is 0 Å². The summed E-state index contributed by atoms with van der Waals surface area (Å²) in [4.78, 5) is 14.0. The molecule has 2 aromatic rings. The number of amides is 2. The summed E-state index contributed by atoms with van der Waals surface area (Å²) in [5.41, 5.74) is 1.93. The number of nitrogens with zero attached hydrogens (tertiary/aromatic N) is 1. The van der Waals surface area contributed by atoms with Crippen LogP contribution in [0.25, 0.3) is 0 Å². The summed E-state index contributed by atoms with van der Waals surface area (Å²) in [6.45, 7) is 1.04. The Morgan fingerprint density at radius 3 is 2.52 bits per heavy atom. The maximum atomic E-state index is 12.4. The minimum Gasteiger partial charge on any atom is -0.496 e. The van der Waals surface area contributed by atoms with Crippen molar-refractivity contribution in [3.05, 3.63) is 65.7 Å². The van der Waals surface area contributed by atoms with Gasteiger partial charge in [0.1, 0.15) is 5.75 Å². The molecule has 0 heterocycles. The number of methoxy groups -OCH3 is 1. The molecule has 2 N–H and O–H groups in total. The molecule has 0 aromatic heterocycles. The normalized spacial score (nSPS) is 10.2. The Kier molecular flexibility index (Phi) is 6.44. The first-order valence-corrected chi connectivity index (χ1v) is 7.54. The van der Waals surface area contributed by atoms with Crippen LogP contribution in [0.5, 0.6) is 5.75 Å². The van der Waals surface area contributed by atoms with E-state index in [2.05, 4.69) is 5.32 Å². The minimum absolute atomic E-state index is 0.0745. The third-order valence-corrected chi connectivity index (χ3v) is 3.50. The van der Waals surface area contributed by atoms with Gasteiger partial charge in [-0.05, 0) is 11.6 Å². The molecule has 2 amide bonds. The van der Waals surface area contributed by atoms with Crippen LogP contribution in [0.4, 0.5) is 4.79 Å². The SMILES string of the molecule is COc1ccccc1CNC(=O)N(CCO)Cc1ccccc1. The molecule has 0 fully saturated rings. The molecule has 5 nitrogen and oxygen atoms in total. The van der Waals surface area contributed by atoms with E-state index in [1.165, 1.54) is 0 Å². The summed E-state index contributed by atoms with van der Waals surface area (Å²) >= 11 is 0. The van der Waals surface area contributed by atoms with Crippen molar-refractivity contribution in [3.8, 4) is 5.75 Å². The van der Waals surface area contributed by atoms with Crippen molar-refractivity contribution in [2.24, 2.45) is 0 Å². The average Bonchev–Trinajstić information content (AvgIpc) is 2.60. The zero-order valence-corrected chi connectivity index (χ0v) is 13.2. The number of urea groups is 1. The topological polar surface area (TPSA) is 61.8 Å². The van der Waals surface area contributed by atoms with E-state index < -0.39 is 0 Å². The lowest BCUT2D eigenvalue weighted by Crippen LogP contribution is -2.40. The van der Waals surface area contributed by atoms with Crippen molar-refractivity contribution < 1.29 is 14.6 Å². The minimum atomic E-state index is -0.214. The van der Waals surface area contributed by atoms with Gasteiger partial charge in [0, 0.05) is 25.2 Å². The molecular formula is C18H22N2O3. The number of carbonyl (C=O) groups excluding carboxylic acids is 1. The molecule has 0 bridgehead atoms. The van der Waals surface area contributed by atoms with Crippen molar-refractivity contribution >= 4 is 6.03 Å². The Morgan fingerprint density at radius 2 is 1.83 bits per heavy atom. The molecular weight excluding hydrogens is 292 g/mol. The van der Waals surface area contributed by atoms with E-state index in [4.69, 9.17) is 4.74 Å². The zero-order valence-electron chi connectivity index (χ0n) is 13.2. The second-order valence-corrected chi connectivity index (χ2v) is 5.10. The zero-order chi connectivity index (χ0) is 16.5. The van der Waals surface area contributed by atoms with Crippen LogP contribution >= 0.6 is 0 Å². The summed E-state index contributed by atoms with van der Waals surface area (Å²) in [6.07, 6.45) is 0. The summed E-state index contributed by atoms with van der Waals surface area (Å²) in [5.74, 6) is 0.740. The third kappa shape index (κ3) is 5.00. The molecule has 0 aliphatic carbocycles. The first kappa shape index (κ1) is 16.8. The predicted octanol–water partition coefficient (Wildman–Crippen LogP) is 2.40. The maximum Gasteiger partial charge on any atom is 0.318 e. The van der Waals surface area contributed by atoms with E-state index in [-0.39, 0.29) is 19.2 Å². The van der Waals surface area contributed by atoms with E-state index in [0.29, 0.717) is 13.1 Å². The summed E-state index contributed by atoms with van der Waals surface area (Å²) in [5, 5.41) is 12.1. The van der Waals surface area contributed by atoms with Crippen LogP contribution in [0, 0.1) is 0 Å². The highest BCUT2D eigenvalue weighted by Gasteiger charge is 2.13. The highest BCUT2D eigenvalue weighted by Crippen LogP contribution is 2.16. The van der Waals surface area contributed by atoms with Crippen LogP contribution in [0.3, 0.4) is 0 Å². The van der Waals surface area contributed by atoms with E-state index >= 15 is 0 Å². The fourth-order valence-corrected chi connectivity index (χ4v) is 2.31. The lowest BCUT2D eigenvalue weighted by Gasteiger charge is -2.22. The van der Waals surface area contributed by atoms with Gasteiger partial charge in [-0.2, -0.15) is 0 Å². The van der Waals surface area contributed by atoms with Gasteiger partial charge in [-0.3, -0.25) is 0 Å². The van der Waals surface area contributed by atoms with Gasteiger partial charge < -0.3 is 20.1 Å². The fraction of sp³-hybridized carbons (Fsp3) is 0.278. The van der Waals surface area contributed by atoms with E-state index in [1.807, 2.05) is 54.6 Å². The Labute approximate surface area is 136 Å². The second kappa shape index (κ2) is 8.80. The van der Waals surface area contributed by atoms with Crippen LogP contribution in [0.15, 0.2) is 54.6 Å². The molecule has 0 aliphatic heterocycles. The second-order valence-electron chi connectivity index (χ2n) is 5.10. The summed E-state index contributed by atoms with van der Waals surface area (Å²) < 4.78 is 5.28. The molecule has 0 saturated carbocycles. The third-order valence-electron chi connectivity index (χ3n) is 3.50. The molecule has 0 saturated heterocycles. The number of para-hydroxylation sites is 1. The molecule has 2 aromatic carbocycles. The van der Waals surface area contributed by atoms with Gasteiger partial charge in [-0.1, -0.05) is 48.5 Å². The van der Waals surface area contributed by atoms with Gasteiger partial charge in [-0.15, -0.1) is 0 Å². The van der Waals surface area contributed by atoms with Crippen LogP contribution in [-0.4, -0.2) is 36.3 Å². The molecule has 0 atom stereocenters. The van der Waals surface area contributed by atoms with Crippen molar-refractivity contribution in [1.82, 2.24) is 10.2 Å². The van der Waals surface area contributed by atoms with Crippen molar-refractivity contribution in [2.75, 3.05) is 20.3 Å². The number of aliphatic hydroxyl groups is 1. The standard InChI is InChI=1S/C18H22N2O3/c1-23-17-10-6-5-9-16(17)13-19-18(22)20(11-12-21)14-15-7-3-2-4-8-15/h2-10,21H,11-14H2,1H3,(H,19,22). The quantitative estimate of drug-likeness (QED) is 0.825. The molecule has 122 valence electrons. The highest BCUT2D eigenvalue weighted by atomic mass is 16.5. The smallest absolute Gasteiger partial charge is 0.318 e. The summed E-state index contributed by atoms with van der Waals surface area (Å²) in [6, 6.07) is 17.0. The number of carbonyl (C=O) groups is 1. The van der Waals surface area contributed by atoms with Crippen LogP contribution in [0.2, 0.25) is 0 Å². The van der Waals surface area contributed by atoms with Crippen molar-refractivity contribution in [1.29, 1.82) is 0 Å². The number of hydrogen-bond acceptors (Lipinski definition) is 3. The first-order chi connectivity index (χ1) is 11.2. The number of hydrogen-bond donors (Lipinski definition) is 2. The number of benzene rings is 2. The molecule has 0 spiro atoms. The lowest BCUT2D eigenvalue weighted by molar-refractivity contribution is 0.173. The van der Waals surface area contributed by atoms with E-state index in [0.717, 1.165) is 16.9 Å². The first-order valence-electron chi connectivity index (χ1n) is 7.54. The van der Waals surface area contributed by atoms with Crippen LogP contribution < -0.4 is 10.1 Å². The van der Waals surface area contributed by atoms with Crippen molar-refractivity contribution in [2.45, 2.75) is 13.1 Å². The van der Waals surface area contributed by atoms with Gasteiger partial charge in [0.25, 0.3) is 0 Å². The van der Waals surface area contributed by atoms with Gasteiger partial charge in [0.05, 0.1) is 13.7 Å². The van der Waals surface area contributed by atoms with Gasteiger partial charge >= 0.3 is 6.03 Å². The monoisotopic (exact) mass is 314 g/mol. The maximum absolute atomic E-state index is 12.4. The Morgan fingerprint density at radius 1 is 1.13 bits per heavy atom. The number of ether oxygens (including phenoxy) is 1. The molecule has 5 heteroatoms. The Hall–Kier alpha value is -2.53. The average molecular weight is 314 g/mol. The van der Waals surface area contributed by atoms with Crippen LogP contribution in [-0.2, 0) is 13.1 Å². The lowest BCUT2D eigenvalue weighted by atomic mass is 10.2. The highest BCUT2D eigenvalue weighted by molar-refractivity contribution is 5.74. The molecule has 0 radical (unpaired) electrons.